The Morgan fingerprint density at radius 1 is 0.257 bits per heavy atom. The van der Waals surface area contributed by atoms with Gasteiger partial charge in [-0.3, -0.25) is 9.13 Å². The molecule has 14 rings (SSSR count). The fourth-order valence-corrected chi connectivity index (χ4v) is 16.1. The second kappa shape index (κ2) is 16.0. The normalized spacial score (nSPS) is 12.0. The fraction of sp³-hybridized carbons (Fsp3) is 0. The van der Waals surface area contributed by atoms with Crippen molar-refractivity contribution in [1.29, 1.82) is 0 Å². The molecular weight excluding hydrogens is 869 g/mol. The minimum Gasteiger partial charge on any atom is -0.309 e. The maximum atomic E-state index is 5.55. The summed E-state index contributed by atoms with van der Waals surface area (Å²) in [6.07, 6.45) is 0. The molecule has 4 aromatic heterocycles. The Bertz CT molecular complexity index is 4100. The number of rotatable bonds is 8. The molecule has 0 saturated heterocycles. The summed E-state index contributed by atoms with van der Waals surface area (Å²) in [5, 5.41) is 12.1. The van der Waals surface area contributed by atoms with Crippen LogP contribution in [0.25, 0.3) is 94.4 Å². The highest BCUT2D eigenvalue weighted by atomic mass is 28.3. The van der Waals surface area contributed by atoms with E-state index in [0.717, 1.165) is 54.9 Å². The summed E-state index contributed by atoms with van der Waals surface area (Å²) in [5.41, 5.74) is 8.43. The van der Waals surface area contributed by atoms with Gasteiger partial charge in [-0.15, -0.1) is 0 Å². The Kier molecular flexibility index (Phi) is 9.12. The summed E-state index contributed by atoms with van der Waals surface area (Å²) in [7, 11) is -2.89. The van der Waals surface area contributed by atoms with E-state index in [0.29, 0.717) is 17.7 Å². The van der Waals surface area contributed by atoms with E-state index in [9.17, 15) is 0 Å². The zero-order chi connectivity index (χ0) is 46.2. The first-order chi connectivity index (χ1) is 34.7. The monoisotopic (exact) mass is 910 g/mol. The minimum absolute atomic E-state index is 0.542. The van der Waals surface area contributed by atoms with Crippen molar-refractivity contribution in [2.24, 2.45) is 0 Å². The first-order valence-corrected chi connectivity index (χ1v) is 25.8. The van der Waals surface area contributed by atoms with Gasteiger partial charge in [-0.1, -0.05) is 206 Å². The third-order valence-electron chi connectivity index (χ3n) is 14.3. The molecule has 6 nitrogen and oxygen atoms in total. The standard InChI is InChI=1S/C63H42N6Si/c1-4-22-45(23-5-1)70(46-24-6-2-7-25-46,47-26-8-3-9-27-47)48-28-20-21-43(41-48)61-64-62(68-57-36-17-12-31-51(57)52-32-13-18-37-58(52)68)66-63(65-61)69-59-38-19-14-33-53(59)54-42-44(39-40-60(54)69)67-55-34-15-10-29-49(55)50-30-11-16-35-56(50)67/h1-42H. The predicted octanol–water partition coefficient (Wildman–Crippen LogP) is 12.2. The first kappa shape index (κ1) is 39.9. The summed E-state index contributed by atoms with van der Waals surface area (Å²) >= 11 is 0. The molecule has 0 aliphatic heterocycles. The molecule has 0 radical (unpaired) electrons. The second-order valence-corrected chi connectivity index (χ2v) is 21.8. The molecule has 0 aliphatic rings. The van der Waals surface area contributed by atoms with Crippen LogP contribution in [0.15, 0.2) is 255 Å². The van der Waals surface area contributed by atoms with Gasteiger partial charge in [0.15, 0.2) is 13.9 Å². The minimum atomic E-state index is -2.89. The summed E-state index contributed by atoms with van der Waals surface area (Å²) in [6.45, 7) is 0. The van der Waals surface area contributed by atoms with Gasteiger partial charge in [0.1, 0.15) is 0 Å². The van der Waals surface area contributed by atoms with E-state index in [-0.39, 0.29) is 0 Å². The summed E-state index contributed by atoms with van der Waals surface area (Å²) < 4.78 is 6.81. The van der Waals surface area contributed by atoms with Crippen LogP contribution in [-0.4, -0.2) is 36.7 Å². The van der Waals surface area contributed by atoms with Crippen LogP contribution in [0.1, 0.15) is 0 Å². The molecule has 70 heavy (non-hydrogen) atoms. The van der Waals surface area contributed by atoms with Crippen molar-refractivity contribution in [1.82, 2.24) is 28.7 Å². The molecule has 10 aromatic carbocycles. The molecule has 0 fully saturated rings. The predicted molar refractivity (Wildman–Crippen MR) is 292 cm³/mol. The van der Waals surface area contributed by atoms with Gasteiger partial charge < -0.3 is 4.57 Å². The van der Waals surface area contributed by atoms with Gasteiger partial charge in [0.2, 0.25) is 11.9 Å². The molecule has 4 heterocycles. The Hall–Kier alpha value is -9.17. The lowest BCUT2D eigenvalue weighted by molar-refractivity contribution is 0.893. The Morgan fingerprint density at radius 2 is 0.614 bits per heavy atom. The van der Waals surface area contributed by atoms with Crippen LogP contribution in [0.5, 0.6) is 0 Å². The summed E-state index contributed by atoms with van der Waals surface area (Å²) in [6, 6.07) is 92.0. The van der Waals surface area contributed by atoms with E-state index in [4.69, 9.17) is 15.0 Å². The smallest absolute Gasteiger partial charge is 0.240 e. The average Bonchev–Trinajstić information content (AvgIpc) is 4.08. The number of fused-ring (bicyclic) bond motifs is 9. The number of nitrogens with zero attached hydrogens (tertiary/aromatic N) is 6. The number of hydrogen-bond acceptors (Lipinski definition) is 3. The highest BCUT2D eigenvalue weighted by Crippen LogP contribution is 2.38. The van der Waals surface area contributed by atoms with Crippen molar-refractivity contribution in [2.45, 2.75) is 0 Å². The molecule has 14 aromatic rings. The van der Waals surface area contributed by atoms with Crippen LogP contribution in [0.2, 0.25) is 0 Å². The second-order valence-electron chi connectivity index (χ2n) is 18.0. The lowest BCUT2D eigenvalue weighted by Gasteiger charge is -2.34. The van der Waals surface area contributed by atoms with Crippen molar-refractivity contribution < 1.29 is 0 Å². The highest BCUT2D eigenvalue weighted by Gasteiger charge is 2.41. The van der Waals surface area contributed by atoms with E-state index < -0.39 is 8.07 Å². The molecule has 0 unspecified atom stereocenters. The average molecular weight is 911 g/mol. The lowest BCUT2D eigenvalue weighted by atomic mass is 10.1. The molecule has 328 valence electrons. The van der Waals surface area contributed by atoms with Gasteiger partial charge in [0.05, 0.1) is 33.1 Å². The van der Waals surface area contributed by atoms with Crippen LogP contribution in [0.4, 0.5) is 0 Å². The van der Waals surface area contributed by atoms with Crippen molar-refractivity contribution in [3.05, 3.63) is 255 Å². The number of aromatic nitrogens is 6. The van der Waals surface area contributed by atoms with Gasteiger partial charge in [-0.2, -0.15) is 15.0 Å². The maximum Gasteiger partial charge on any atom is 0.240 e. The zero-order valence-corrected chi connectivity index (χ0v) is 38.9. The lowest BCUT2D eigenvalue weighted by Crippen LogP contribution is -2.74. The molecule has 0 aliphatic carbocycles. The molecule has 0 bridgehead atoms. The van der Waals surface area contributed by atoms with Gasteiger partial charge >= 0.3 is 0 Å². The Morgan fingerprint density at radius 3 is 1.06 bits per heavy atom. The molecule has 0 N–H and O–H groups in total. The molecular formula is C63H42N6Si. The largest absolute Gasteiger partial charge is 0.309 e. The van der Waals surface area contributed by atoms with E-state index >= 15 is 0 Å². The molecule has 0 saturated carbocycles. The molecule has 0 atom stereocenters. The SMILES string of the molecule is c1ccc([Si](c2ccccc2)(c2ccccc2)c2cccc(-c3nc(-n4c5ccccc5c5ccccc54)nc(-n4c5ccccc5c5cc(-n6c7ccccc7c7ccccc76)ccc54)n3)c2)cc1. The van der Waals surface area contributed by atoms with Crippen LogP contribution in [-0.2, 0) is 0 Å². The van der Waals surface area contributed by atoms with Crippen LogP contribution < -0.4 is 20.7 Å². The highest BCUT2D eigenvalue weighted by molar-refractivity contribution is 7.19. The first-order valence-electron chi connectivity index (χ1n) is 23.8. The molecule has 0 spiro atoms. The van der Waals surface area contributed by atoms with Gasteiger partial charge in [0.25, 0.3) is 0 Å². The summed E-state index contributed by atoms with van der Waals surface area (Å²) in [4.78, 5) is 16.6. The molecule has 0 amide bonds. The Labute approximate surface area is 404 Å². The van der Waals surface area contributed by atoms with Gasteiger partial charge in [-0.25, -0.2) is 0 Å². The van der Waals surface area contributed by atoms with Crippen molar-refractivity contribution in [3.8, 4) is 29.0 Å². The fourth-order valence-electron chi connectivity index (χ4n) is 11.3. The quantitative estimate of drug-likeness (QED) is 0.113. The zero-order valence-electron chi connectivity index (χ0n) is 37.9. The third kappa shape index (κ3) is 6.02. The Balaban J connectivity index is 1.04. The maximum absolute atomic E-state index is 5.55. The van der Waals surface area contributed by atoms with E-state index in [2.05, 4.69) is 268 Å². The van der Waals surface area contributed by atoms with Crippen LogP contribution in [0, 0.1) is 0 Å². The van der Waals surface area contributed by atoms with Crippen LogP contribution >= 0.6 is 0 Å². The van der Waals surface area contributed by atoms with Crippen molar-refractivity contribution in [3.63, 3.8) is 0 Å². The number of para-hydroxylation sites is 5. The van der Waals surface area contributed by atoms with Gasteiger partial charge in [-0.05, 0) is 69.3 Å². The molecule has 7 heteroatoms. The van der Waals surface area contributed by atoms with E-state index in [1.807, 2.05) is 0 Å². The van der Waals surface area contributed by atoms with Crippen LogP contribution in [0.3, 0.4) is 0 Å². The summed E-state index contributed by atoms with van der Waals surface area (Å²) in [5.74, 6) is 1.68. The number of hydrogen-bond donors (Lipinski definition) is 0. The number of benzene rings is 10. The van der Waals surface area contributed by atoms with E-state index in [1.165, 1.54) is 42.6 Å². The van der Waals surface area contributed by atoms with E-state index in [1.54, 1.807) is 0 Å². The van der Waals surface area contributed by atoms with Crippen molar-refractivity contribution in [2.75, 3.05) is 0 Å². The topological polar surface area (TPSA) is 53.5 Å². The van der Waals surface area contributed by atoms with Gasteiger partial charge in [0, 0.05) is 43.6 Å². The van der Waals surface area contributed by atoms with Crippen molar-refractivity contribution >= 4 is 94.2 Å². The third-order valence-corrected chi connectivity index (χ3v) is 19.0.